The third kappa shape index (κ3) is 3.93. The maximum Gasteiger partial charge on any atom is 0.261 e. The second-order valence-corrected chi connectivity index (χ2v) is 9.27. The normalized spacial score (nSPS) is 20.6. The monoisotopic (exact) mass is 439 g/mol. The summed E-state index contributed by atoms with van der Waals surface area (Å²) >= 11 is 0. The number of hydrogen-bond donors (Lipinski definition) is 0. The standard InChI is InChI=1S/C29H33N3O/c1-30(25-16-7-3-8-17-25)32-27-19-10-9-18-26(27)29(28(32)33,24-14-5-2-6-15-24)20-13-23-31-21-11-4-12-22-31/h2-3,5-10,14-19H,4,11-13,20-23H2,1H3. The van der Waals surface area contributed by atoms with E-state index < -0.39 is 5.41 Å². The highest BCUT2D eigenvalue weighted by Crippen LogP contribution is 2.49. The van der Waals surface area contributed by atoms with E-state index >= 15 is 0 Å². The minimum atomic E-state index is -0.670. The van der Waals surface area contributed by atoms with Gasteiger partial charge in [-0.15, -0.1) is 0 Å². The highest BCUT2D eigenvalue weighted by molar-refractivity contribution is 6.11. The Morgan fingerprint density at radius 1 is 0.818 bits per heavy atom. The molecule has 0 saturated carbocycles. The van der Waals surface area contributed by atoms with Crippen molar-refractivity contribution >= 4 is 17.3 Å². The second kappa shape index (κ2) is 9.40. The lowest BCUT2D eigenvalue weighted by atomic mass is 9.72. The zero-order valence-corrected chi connectivity index (χ0v) is 19.5. The van der Waals surface area contributed by atoms with Crippen LogP contribution in [0.25, 0.3) is 0 Å². The van der Waals surface area contributed by atoms with Gasteiger partial charge < -0.3 is 4.90 Å². The first-order chi connectivity index (χ1) is 16.2. The molecule has 33 heavy (non-hydrogen) atoms. The van der Waals surface area contributed by atoms with Gasteiger partial charge in [0.25, 0.3) is 5.91 Å². The summed E-state index contributed by atoms with van der Waals surface area (Å²) in [4.78, 5) is 17.0. The van der Waals surface area contributed by atoms with E-state index in [1.807, 2.05) is 47.4 Å². The number of carbonyl (C=O) groups is 1. The van der Waals surface area contributed by atoms with Crippen molar-refractivity contribution in [1.82, 2.24) is 4.90 Å². The molecule has 0 radical (unpaired) electrons. The number of amides is 1. The number of benzene rings is 3. The Kier molecular flexibility index (Phi) is 6.19. The van der Waals surface area contributed by atoms with Crippen molar-refractivity contribution in [3.63, 3.8) is 0 Å². The quantitative estimate of drug-likeness (QED) is 0.477. The second-order valence-electron chi connectivity index (χ2n) is 9.27. The largest absolute Gasteiger partial charge is 0.303 e. The molecule has 0 bridgehead atoms. The zero-order chi connectivity index (χ0) is 22.7. The van der Waals surface area contributed by atoms with E-state index in [0.717, 1.165) is 41.9 Å². The molecular weight excluding hydrogens is 406 g/mol. The number of fused-ring (bicyclic) bond motifs is 1. The molecule has 4 heteroatoms. The predicted octanol–water partition coefficient (Wildman–Crippen LogP) is 5.64. The van der Waals surface area contributed by atoms with Gasteiger partial charge in [-0.1, -0.05) is 73.2 Å². The molecule has 0 N–H and O–H groups in total. The van der Waals surface area contributed by atoms with Crippen molar-refractivity contribution in [1.29, 1.82) is 0 Å². The molecule has 4 nitrogen and oxygen atoms in total. The summed E-state index contributed by atoms with van der Waals surface area (Å²) in [5, 5.41) is 3.88. The fraction of sp³-hybridized carbons (Fsp3) is 0.345. The molecule has 1 amide bonds. The Labute approximate surface area is 197 Å². The molecule has 2 heterocycles. The van der Waals surface area contributed by atoms with Crippen molar-refractivity contribution in [3.05, 3.63) is 96.1 Å². The van der Waals surface area contributed by atoms with Gasteiger partial charge in [0.2, 0.25) is 0 Å². The van der Waals surface area contributed by atoms with Crippen LogP contribution in [-0.4, -0.2) is 37.5 Å². The van der Waals surface area contributed by atoms with E-state index in [0.29, 0.717) is 0 Å². The third-order valence-corrected chi connectivity index (χ3v) is 7.32. The van der Waals surface area contributed by atoms with E-state index in [1.165, 1.54) is 32.4 Å². The molecule has 0 aromatic heterocycles. The van der Waals surface area contributed by atoms with Gasteiger partial charge in [0.05, 0.1) is 11.4 Å². The van der Waals surface area contributed by atoms with E-state index in [2.05, 4.69) is 59.5 Å². The smallest absolute Gasteiger partial charge is 0.261 e. The zero-order valence-electron chi connectivity index (χ0n) is 19.5. The first-order valence-electron chi connectivity index (χ1n) is 12.2. The van der Waals surface area contributed by atoms with Gasteiger partial charge in [-0.3, -0.25) is 9.80 Å². The fourth-order valence-corrected chi connectivity index (χ4v) is 5.62. The Bertz CT molecular complexity index is 1080. The number of anilines is 2. The number of hydrogen-bond acceptors (Lipinski definition) is 3. The molecule has 1 fully saturated rings. The molecule has 1 saturated heterocycles. The molecule has 2 aliphatic heterocycles. The number of rotatable bonds is 7. The summed E-state index contributed by atoms with van der Waals surface area (Å²) in [7, 11) is 1.98. The van der Waals surface area contributed by atoms with Gasteiger partial charge in [0.15, 0.2) is 0 Å². The van der Waals surface area contributed by atoms with Gasteiger partial charge in [-0.2, -0.15) is 0 Å². The molecule has 3 aromatic rings. The van der Waals surface area contributed by atoms with Gasteiger partial charge in [-0.25, -0.2) is 5.01 Å². The lowest BCUT2D eigenvalue weighted by Crippen LogP contribution is -2.49. The molecule has 0 spiro atoms. The predicted molar refractivity (Wildman–Crippen MR) is 136 cm³/mol. The topological polar surface area (TPSA) is 26.8 Å². The van der Waals surface area contributed by atoms with Gasteiger partial charge >= 0.3 is 0 Å². The summed E-state index contributed by atoms with van der Waals surface area (Å²) in [6.45, 7) is 3.43. The fourth-order valence-electron chi connectivity index (χ4n) is 5.62. The summed E-state index contributed by atoms with van der Waals surface area (Å²) in [5.74, 6) is 0.139. The number of hydrazine groups is 1. The molecule has 0 aliphatic carbocycles. The molecule has 170 valence electrons. The van der Waals surface area contributed by atoms with Crippen molar-refractivity contribution < 1.29 is 4.79 Å². The first kappa shape index (κ1) is 21.7. The van der Waals surface area contributed by atoms with E-state index in [9.17, 15) is 4.79 Å². The summed E-state index contributed by atoms with van der Waals surface area (Å²) < 4.78 is 0. The van der Waals surface area contributed by atoms with Crippen LogP contribution in [0.15, 0.2) is 84.9 Å². The average molecular weight is 440 g/mol. The van der Waals surface area contributed by atoms with E-state index in [1.54, 1.807) is 0 Å². The lowest BCUT2D eigenvalue weighted by molar-refractivity contribution is -0.122. The minimum absolute atomic E-state index is 0.139. The van der Waals surface area contributed by atoms with Crippen molar-refractivity contribution in [2.75, 3.05) is 36.7 Å². The van der Waals surface area contributed by atoms with Crippen LogP contribution < -0.4 is 10.0 Å². The maximum absolute atomic E-state index is 14.5. The lowest BCUT2D eigenvalue weighted by Gasteiger charge is -2.34. The Hall–Kier alpha value is -3.11. The van der Waals surface area contributed by atoms with Crippen LogP contribution in [0, 0.1) is 0 Å². The third-order valence-electron chi connectivity index (χ3n) is 7.32. The van der Waals surface area contributed by atoms with Crippen LogP contribution in [0.3, 0.4) is 0 Å². The SMILES string of the molecule is CN(c1ccccc1)N1C(=O)C(CCCN2CCCCC2)(c2ccccc2)c2ccccc21. The van der Waals surface area contributed by atoms with Crippen LogP contribution in [0.4, 0.5) is 11.4 Å². The summed E-state index contributed by atoms with van der Waals surface area (Å²) in [5.41, 5.74) is 3.51. The molecule has 1 unspecified atom stereocenters. The molecule has 1 atom stereocenters. The van der Waals surface area contributed by atoms with Crippen molar-refractivity contribution in [3.8, 4) is 0 Å². The number of piperidine rings is 1. The van der Waals surface area contributed by atoms with E-state index in [4.69, 9.17) is 0 Å². The number of carbonyl (C=O) groups excluding carboxylic acids is 1. The van der Waals surface area contributed by atoms with Gasteiger partial charge in [0.1, 0.15) is 5.41 Å². The number of para-hydroxylation sites is 2. The maximum atomic E-state index is 14.5. The minimum Gasteiger partial charge on any atom is -0.303 e. The Morgan fingerprint density at radius 3 is 2.18 bits per heavy atom. The van der Waals surface area contributed by atoms with Crippen LogP contribution >= 0.6 is 0 Å². The van der Waals surface area contributed by atoms with Crippen molar-refractivity contribution in [2.24, 2.45) is 0 Å². The van der Waals surface area contributed by atoms with Crippen LogP contribution in [0.2, 0.25) is 0 Å². The average Bonchev–Trinajstić information content (AvgIpc) is 3.14. The highest BCUT2D eigenvalue weighted by atomic mass is 16.2. The number of nitrogens with zero attached hydrogens (tertiary/aromatic N) is 3. The van der Waals surface area contributed by atoms with Crippen LogP contribution in [-0.2, 0) is 10.2 Å². The Balaban J connectivity index is 1.54. The molecule has 3 aromatic carbocycles. The van der Waals surface area contributed by atoms with E-state index in [-0.39, 0.29) is 5.91 Å². The Morgan fingerprint density at radius 2 is 1.45 bits per heavy atom. The summed E-state index contributed by atoms with van der Waals surface area (Å²) in [6.07, 6.45) is 5.74. The molecule has 2 aliphatic rings. The van der Waals surface area contributed by atoms with Crippen LogP contribution in [0.1, 0.15) is 43.2 Å². The molecular formula is C29H33N3O. The first-order valence-corrected chi connectivity index (χ1v) is 12.2. The summed E-state index contributed by atoms with van der Waals surface area (Å²) in [6, 6.07) is 28.9. The van der Waals surface area contributed by atoms with Crippen molar-refractivity contribution in [2.45, 2.75) is 37.5 Å². The van der Waals surface area contributed by atoms with Gasteiger partial charge in [0, 0.05) is 7.05 Å². The highest BCUT2D eigenvalue weighted by Gasteiger charge is 2.52. The van der Waals surface area contributed by atoms with Gasteiger partial charge in [-0.05, 0) is 74.6 Å². The molecule has 5 rings (SSSR count). The number of likely N-dealkylation sites (tertiary alicyclic amines) is 1. The van der Waals surface area contributed by atoms with Crippen LogP contribution in [0.5, 0.6) is 0 Å².